The maximum atomic E-state index is 4.92. The average molecular weight is 455 g/mol. The van der Waals surface area contributed by atoms with Crippen molar-refractivity contribution in [2.24, 2.45) is 0 Å². The minimum Gasteiger partial charge on any atom is -0.351 e. The minimum absolute atomic E-state index is 0.183. The highest BCUT2D eigenvalue weighted by molar-refractivity contribution is 5.93. The van der Waals surface area contributed by atoms with Gasteiger partial charge in [-0.15, -0.1) is 0 Å². The monoisotopic (exact) mass is 454 g/mol. The maximum Gasteiger partial charge on any atom is 0.116 e. The van der Waals surface area contributed by atoms with Crippen molar-refractivity contribution in [3.05, 3.63) is 60.6 Å². The Morgan fingerprint density at radius 2 is 1.74 bits per heavy atom. The Morgan fingerprint density at radius 1 is 1.06 bits per heavy atom. The fourth-order valence-electron chi connectivity index (χ4n) is 4.89. The van der Waals surface area contributed by atoms with E-state index < -0.39 is 0 Å². The summed E-state index contributed by atoms with van der Waals surface area (Å²) in [6.45, 7) is 16.2. The number of hydrogen-bond donors (Lipinski definition) is 2. The maximum absolute atomic E-state index is 4.92. The molecule has 0 bridgehead atoms. The Kier molecular flexibility index (Phi) is 5.96. The van der Waals surface area contributed by atoms with Gasteiger partial charge < -0.3 is 10.3 Å². The van der Waals surface area contributed by atoms with E-state index in [-0.39, 0.29) is 5.54 Å². The molecule has 1 aliphatic rings. The molecule has 0 aliphatic carbocycles. The molecule has 4 aromatic rings. The van der Waals surface area contributed by atoms with Crippen LogP contribution in [0.3, 0.4) is 0 Å². The van der Waals surface area contributed by atoms with Gasteiger partial charge in [-0.25, -0.2) is 15.0 Å². The lowest BCUT2D eigenvalue weighted by Gasteiger charge is -2.36. The number of H-pyrrole nitrogens is 1. The lowest BCUT2D eigenvalue weighted by molar-refractivity contribution is 0.175. The molecule has 0 radical (unpaired) electrons. The van der Waals surface area contributed by atoms with Crippen molar-refractivity contribution >= 4 is 27.6 Å². The Balaban J connectivity index is 1.35. The van der Waals surface area contributed by atoms with Crippen LogP contribution in [-0.2, 0) is 6.54 Å². The van der Waals surface area contributed by atoms with Gasteiger partial charge in [-0.1, -0.05) is 30.8 Å². The van der Waals surface area contributed by atoms with Crippen LogP contribution in [0, 0.1) is 0 Å². The first kappa shape index (κ1) is 22.7. The van der Waals surface area contributed by atoms with Crippen LogP contribution in [0.2, 0.25) is 0 Å². The van der Waals surface area contributed by atoms with Crippen LogP contribution in [0.25, 0.3) is 38.9 Å². The highest BCUT2D eigenvalue weighted by Crippen LogP contribution is 2.29. The van der Waals surface area contributed by atoms with Crippen molar-refractivity contribution in [2.45, 2.75) is 58.7 Å². The largest absolute Gasteiger partial charge is 0.351 e. The van der Waals surface area contributed by atoms with Gasteiger partial charge in [0.2, 0.25) is 0 Å². The standard InChI is InChI=1S/C28H34N6/c1-18(2)26-27(32-25-15-23-22(29-17-30-23)14-24(25)31-26)20-8-6-19(7-9-20)16-34-12-10-21(11-13-34)33-28(3,4)5/h6-9,14-15,17,21,32-33H,1,10-13,16H2,2-5H3. The quantitative estimate of drug-likeness (QED) is 0.413. The summed E-state index contributed by atoms with van der Waals surface area (Å²) < 4.78 is 0. The summed E-state index contributed by atoms with van der Waals surface area (Å²) in [5.74, 6) is 0. The molecule has 0 atom stereocenters. The van der Waals surface area contributed by atoms with E-state index in [1.807, 2.05) is 19.1 Å². The molecule has 0 amide bonds. The SMILES string of the molecule is C=C(C)c1nc2cc3ncnc3cc2[nH]c1-c1ccc(CN2CCC(NC(C)(C)C)CC2)cc1. The third-order valence-corrected chi connectivity index (χ3v) is 6.49. The predicted octanol–water partition coefficient (Wildman–Crippen LogP) is 5.56. The number of nitrogens with zero attached hydrogens (tertiary/aromatic N) is 4. The number of fused-ring (bicyclic) bond motifs is 2. The molecule has 6 heteroatoms. The zero-order chi connectivity index (χ0) is 23.9. The summed E-state index contributed by atoms with van der Waals surface area (Å²) in [5, 5.41) is 3.75. The molecular formula is C28H34N6. The Labute approximate surface area is 201 Å². The van der Waals surface area contributed by atoms with Crippen LogP contribution in [0.5, 0.6) is 0 Å². The fraction of sp³-hybridized carbons (Fsp3) is 0.393. The molecule has 2 aromatic carbocycles. The van der Waals surface area contributed by atoms with Crippen LogP contribution in [0.1, 0.15) is 51.8 Å². The van der Waals surface area contributed by atoms with Crippen molar-refractivity contribution in [3.63, 3.8) is 0 Å². The van der Waals surface area contributed by atoms with E-state index in [4.69, 9.17) is 4.98 Å². The highest BCUT2D eigenvalue weighted by atomic mass is 15.1. The molecule has 5 rings (SSSR count). The molecule has 176 valence electrons. The molecule has 1 fully saturated rings. The van der Waals surface area contributed by atoms with Crippen molar-refractivity contribution in [3.8, 4) is 11.3 Å². The second kappa shape index (κ2) is 8.93. The third-order valence-electron chi connectivity index (χ3n) is 6.49. The number of likely N-dealkylation sites (tertiary alicyclic amines) is 1. The minimum atomic E-state index is 0.183. The average Bonchev–Trinajstić information content (AvgIpc) is 3.25. The van der Waals surface area contributed by atoms with Gasteiger partial charge >= 0.3 is 0 Å². The van der Waals surface area contributed by atoms with Crippen LogP contribution in [0.4, 0.5) is 0 Å². The molecule has 0 saturated carbocycles. The van der Waals surface area contributed by atoms with Gasteiger partial charge in [0.25, 0.3) is 0 Å². The zero-order valence-corrected chi connectivity index (χ0v) is 20.7. The topological polar surface area (TPSA) is 69.7 Å². The van der Waals surface area contributed by atoms with Gasteiger partial charge in [0.15, 0.2) is 0 Å². The Morgan fingerprint density at radius 3 is 2.38 bits per heavy atom. The summed E-state index contributed by atoms with van der Waals surface area (Å²) in [4.78, 5) is 19.7. The zero-order valence-electron chi connectivity index (χ0n) is 20.7. The number of benzene rings is 2. The van der Waals surface area contributed by atoms with Crippen LogP contribution in [0.15, 0.2) is 49.3 Å². The van der Waals surface area contributed by atoms with E-state index in [0.717, 1.165) is 64.2 Å². The molecule has 0 spiro atoms. The predicted molar refractivity (Wildman–Crippen MR) is 141 cm³/mol. The van der Waals surface area contributed by atoms with Gasteiger partial charge in [0.05, 0.1) is 33.5 Å². The fourth-order valence-corrected chi connectivity index (χ4v) is 4.89. The Hall–Kier alpha value is -3.09. The van der Waals surface area contributed by atoms with Gasteiger partial charge in [-0.2, -0.15) is 0 Å². The van der Waals surface area contributed by atoms with E-state index in [2.05, 4.69) is 76.8 Å². The first-order valence-electron chi connectivity index (χ1n) is 12.1. The van der Waals surface area contributed by atoms with Gasteiger partial charge in [0.1, 0.15) is 6.33 Å². The van der Waals surface area contributed by atoms with Crippen molar-refractivity contribution in [2.75, 3.05) is 13.1 Å². The van der Waals surface area contributed by atoms with Gasteiger partial charge in [-0.05, 0) is 76.9 Å². The van der Waals surface area contributed by atoms with Crippen LogP contribution in [-0.4, -0.2) is 49.5 Å². The first-order chi connectivity index (χ1) is 16.2. The number of piperidine rings is 1. The van der Waals surface area contributed by atoms with Gasteiger partial charge in [0, 0.05) is 23.7 Å². The van der Waals surface area contributed by atoms with E-state index in [1.54, 1.807) is 6.33 Å². The Bertz CT molecular complexity index is 1320. The van der Waals surface area contributed by atoms with E-state index in [1.165, 1.54) is 18.4 Å². The van der Waals surface area contributed by atoms with Crippen molar-refractivity contribution < 1.29 is 0 Å². The molecule has 2 aromatic heterocycles. The second-order valence-electron chi connectivity index (χ2n) is 10.6. The third kappa shape index (κ3) is 4.88. The number of imidazole rings is 1. The molecule has 1 aliphatic heterocycles. The molecule has 1 saturated heterocycles. The van der Waals surface area contributed by atoms with Crippen molar-refractivity contribution in [1.29, 1.82) is 0 Å². The molecule has 34 heavy (non-hydrogen) atoms. The number of aromatic nitrogens is 4. The molecule has 0 unspecified atom stereocenters. The van der Waals surface area contributed by atoms with E-state index >= 15 is 0 Å². The van der Waals surface area contributed by atoms with Crippen LogP contribution >= 0.6 is 0 Å². The number of allylic oxidation sites excluding steroid dienone is 1. The summed E-state index contributed by atoms with van der Waals surface area (Å²) in [6.07, 6.45) is 4.00. The number of rotatable bonds is 5. The van der Waals surface area contributed by atoms with E-state index in [9.17, 15) is 0 Å². The highest BCUT2D eigenvalue weighted by Gasteiger charge is 2.23. The lowest BCUT2D eigenvalue weighted by atomic mass is 9.99. The normalized spacial score (nSPS) is 15.9. The first-order valence-corrected chi connectivity index (χ1v) is 12.1. The molecular weight excluding hydrogens is 420 g/mol. The summed E-state index contributed by atoms with van der Waals surface area (Å²) in [6, 6.07) is 13.5. The smallest absolute Gasteiger partial charge is 0.116 e. The van der Waals surface area contributed by atoms with Crippen molar-refractivity contribution in [1.82, 2.24) is 30.2 Å². The van der Waals surface area contributed by atoms with E-state index in [0.29, 0.717) is 6.04 Å². The van der Waals surface area contributed by atoms with Gasteiger partial charge in [-0.3, -0.25) is 4.90 Å². The summed E-state index contributed by atoms with van der Waals surface area (Å²) in [5.41, 5.74) is 8.98. The number of hydrogen-bond acceptors (Lipinski definition) is 5. The molecule has 6 nitrogen and oxygen atoms in total. The van der Waals surface area contributed by atoms with Crippen LogP contribution < -0.4 is 5.32 Å². The number of aromatic amines is 1. The summed E-state index contributed by atoms with van der Waals surface area (Å²) >= 11 is 0. The summed E-state index contributed by atoms with van der Waals surface area (Å²) in [7, 11) is 0. The lowest BCUT2D eigenvalue weighted by Crippen LogP contribution is -2.49. The second-order valence-corrected chi connectivity index (χ2v) is 10.6. The number of nitrogens with one attached hydrogen (secondary N) is 2. The molecule has 3 heterocycles. The molecule has 2 N–H and O–H groups in total.